The van der Waals surface area contributed by atoms with Crippen LogP contribution in [0.1, 0.15) is 36.0 Å². The molecule has 0 fully saturated rings. The maximum atomic E-state index is 8.20. The van der Waals surface area contributed by atoms with Gasteiger partial charge in [-0.3, -0.25) is 4.57 Å². The normalized spacial score (nSPS) is 16.7. The molecule has 0 radical (unpaired) electrons. The first-order chi connectivity index (χ1) is 26.5. The first-order valence-corrected chi connectivity index (χ1v) is 16.2. The standard InChI is InChI=1S/C44H32N4O/c1-29-24-25-45-43(26-29)47-39-19-8-5-16-35(39)36-23-22-31(28-42(36)47)44(37-17-6-3-14-33(37)34-15-4-7-18-38(34)44)30-12-11-13-32(27-30)48-41-21-10-9-20-40(41)46(2)49-48/h3-28H,1-2H3/i1D3,2D3. The van der Waals surface area contributed by atoms with Crippen molar-refractivity contribution in [2.45, 2.75) is 12.3 Å². The lowest BCUT2D eigenvalue weighted by molar-refractivity contribution is 0.142. The number of nitrogens with zero attached hydrogens (tertiary/aromatic N) is 4. The van der Waals surface area contributed by atoms with E-state index in [-0.39, 0.29) is 5.56 Å². The summed E-state index contributed by atoms with van der Waals surface area (Å²) in [5, 5.41) is 4.59. The summed E-state index contributed by atoms with van der Waals surface area (Å²) in [6.07, 6.45) is 1.56. The van der Waals surface area contributed by atoms with Crippen LogP contribution in [0.25, 0.3) is 38.8 Å². The van der Waals surface area contributed by atoms with Crippen molar-refractivity contribution in [3.63, 3.8) is 0 Å². The molecule has 0 amide bonds. The predicted molar refractivity (Wildman–Crippen MR) is 199 cm³/mol. The van der Waals surface area contributed by atoms with Crippen molar-refractivity contribution in [1.82, 2.24) is 9.55 Å². The van der Waals surface area contributed by atoms with E-state index >= 15 is 0 Å². The third-order valence-corrected chi connectivity index (χ3v) is 10.0. The Kier molecular flexibility index (Phi) is 4.76. The van der Waals surface area contributed by atoms with E-state index < -0.39 is 19.2 Å². The number of rotatable bonds is 4. The quantitative estimate of drug-likeness (QED) is 0.192. The van der Waals surface area contributed by atoms with E-state index in [1.807, 2.05) is 42.5 Å². The summed E-state index contributed by atoms with van der Waals surface area (Å²) < 4.78 is 51.1. The van der Waals surface area contributed by atoms with Crippen LogP contribution in [0.2, 0.25) is 0 Å². The Morgan fingerprint density at radius 3 is 2.14 bits per heavy atom. The zero-order valence-corrected chi connectivity index (χ0v) is 26.2. The average Bonchev–Trinajstić information content (AvgIpc) is 3.85. The number of fused-ring (bicyclic) bond motifs is 7. The Morgan fingerprint density at radius 2 is 1.33 bits per heavy atom. The van der Waals surface area contributed by atoms with E-state index in [0.717, 1.165) is 60.2 Å². The summed E-state index contributed by atoms with van der Waals surface area (Å²) in [6, 6.07) is 50.2. The number of pyridine rings is 1. The summed E-state index contributed by atoms with van der Waals surface area (Å²) in [4.78, 5) is 10.8. The molecular formula is C44H32N4O. The largest absolute Gasteiger partial charge is 0.294 e. The van der Waals surface area contributed by atoms with Gasteiger partial charge in [-0.05, 0) is 94.3 Å². The fourth-order valence-electron chi connectivity index (χ4n) is 8.04. The van der Waals surface area contributed by atoms with Crippen molar-refractivity contribution in [3.8, 4) is 16.9 Å². The van der Waals surface area contributed by atoms with Crippen LogP contribution in [0.3, 0.4) is 0 Å². The molecule has 0 bridgehead atoms. The second kappa shape index (κ2) is 10.4. The van der Waals surface area contributed by atoms with Gasteiger partial charge in [-0.25, -0.2) is 10.0 Å². The zero-order valence-electron chi connectivity index (χ0n) is 32.2. The number of para-hydroxylation sites is 3. The van der Waals surface area contributed by atoms with Crippen LogP contribution in [0.4, 0.5) is 17.1 Å². The molecule has 1 aliphatic heterocycles. The van der Waals surface area contributed by atoms with E-state index in [4.69, 9.17) is 18.1 Å². The van der Waals surface area contributed by atoms with E-state index in [2.05, 4.69) is 89.5 Å². The fourth-order valence-corrected chi connectivity index (χ4v) is 8.04. The highest BCUT2D eigenvalue weighted by atomic mass is 16.8. The third kappa shape index (κ3) is 3.88. The number of anilines is 3. The lowest BCUT2D eigenvalue weighted by atomic mass is 9.67. The van der Waals surface area contributed by atoms with Crippen LogP contribution in [0.15, 0.2) is 158 Å². The van der Waals surface area contributed by atoms with Gasteiger partial charge in [-0.15, -0.1) is 4.94 Å². The Balaban J connectivity index is 1.25. The highest BCUT2D eigenvalue weighted by Crippen LogP contribution is 2.57. The number of hydrogen-bond donors (Lipinski definition) is 0. The number of aryl methyl sites for hydroxylation is 1. The molecule has 3 heterocycles. The number of aromatic nitrogens is 2. The van der Waals surface area contributed by atoms with Crippen LogP contribution in [-0.2, 0) is 10.4 Å². The molecule has 0 unspecified atom stereocenters. The Bertz CT molecular complexity index is 2780. The predicted octanol–water partition coefficient (Wildman–Crippen LogP) is 10.3. The zero-order chi connectivity index (χ0) is 37.7. The van der Waals surface area contributed by atoms with Crippen molar-refractivity contribution in [2.24, 2.45) is 0 Å². The summed E-state index contributed by atoms with van der Waals surface area (Å²) in [7, 11) is 0. The molecule has 0 spiro atoms. The summed E-state index contributed by atoms with van der Waals surface area (Å²) >= 11 is 0. The van der Waals surface area contributed by atoms with Crippen LogP contribution in [0.5, 0.6) is 0 Å². The van der Waals surface area contributed by atoms with Crippen LogP contribution in [0, 0.1) is 6.85 Å². The van der Waals surface area contributed by atoms with Gasteiger partial charge in [0.1, 0.15) is 5.82 Å². The summed E-state index contributed by atoms with van der Waals surface area (Å²) in [5.74, 6) is 0.518. The van der Waals surface area contributed by atoms with Gasteiger partial charge in [0.05, 0.1) is 33.5 Å². The molecule has 2 aromatic heterocycles. The van der Waals surface area contributed by atoms with Crippen LogP contribution >= 0.6 is 0 Å². The van der Waals surface area contributed by atoms with Gasteiger partial charge in [0.2, 0.25) is 0 Å². The SMILES string of the molecule is [2H]C([2H])([2H])c1ccnc(-n2c3ccccc3c3ccc(C4(c5cccc(N6ON(C([2H])([2H])[2H])c7ccccc76)c5)c5ccccc5-c5ccccc54)cc32)c1. The maximum Gasteiger partial charge on any atom is 0.137 e. The van der Waals surface area contributed by atoms with Gasteiger partial charge >= 0.3 is 0 Å². The minimum atomic E-state index is -2.53. The number of hydroxylamine groups is 1. The Morgan fingerprint density at radius 1 is 0.612 bits per heavy atom. The third-order valence-electron chi connectivity index (χ3n) is 10.0. The van der Waals surface area contributed by atoms with Crippen LogP contribution < -0.4 is 10.1 Å². The topological polar surface area (TPSA) is 33.5 Å². The minimum Gasteiger partial charge on any atom is -0.294 e. The molecule has 2 aliphatic rings. The van der Waals surface area contributed by atoms with Crippen molar-refractivity contribution in [2.75, 3.05) is 17.1 Å². The average molecular weight is 639 g/mol. The molecule has 1 aliphatic carbocycles. The van der Waals surface area contributed by atoms with E-state index in [9.17, 15) is 0 Å². The van der Waals surface area contributed by atoms with Crippen molar-refractivity contribution < 1.29 is 13.2 Å². The first kappa shape index (κ1) is 22.4. The molecule has 10 rings (SSSR count). The fraction of sp³-hybridized carbons (Fsp3) is 0.0682. The van der Waals surface area contributed by atoms with Gasteiger partial charge in [0.25, 0.3) is 0 Å². The number of benzene rings is 6. The Hall–Kier alpha value is -6.17. The molecule has 0 saturated carbocycles. The molecular weight excluding hydrogens is 601 g/mol. The van der Waals surface area contributed by atoms with Gasteiger partial charge < -0.3 is 0 Å². The van der Waals surface area contributed by atoms with E-state index in [0.29, 0.717) is 22.9 Å². The minimum absolute atomic E-state index is 0.217. The second-order valence-corrected chi connectivity index (χ2v) is 12.5. The molecule has 49 heavy (non-hydrogen) atoms. The molecule has 0 N–H and O–H groups in total. The number of hydrogen-bond acceptors (Lipinski definition) is 4. The molecule has 6 aromatic carbocycles. The van der Waals surface area contributed by atoms with E-state index in [1.54, 1.807) is 35.5 Å². The molecule has 0 atom stereocenters. The summed E-state index contributed by atoms with van der Waals surface area (Å²) in [6.45, 7) is -4.83. The smallest absolute Gasteiger partial charge is 0.137 e. The van der Waals surface area contributed by atoms with Gasteiger partial charge in [0.15, 0.2) is 0 Å². The maximum absolute atomic E-state index is 8.20. The van der Waals surface area contributed by atoms with Gasteiger partial charge in [-0.1, -0.05) is 103 Å². The van der Waals surface area contributed by atoms with Gasteiger partial charge in [0, 0.05) is 32.2 Å². The molecule has 234 valence electrons. The summed E-state index contributed by atoms with van der Waals surface area (Å²) in [5.41, 5.74) is 9.33. The van der Waals surface area contributed by atoms with E-state index in [1.165, 1.54) is 0 Å². The molecule has 0 saturated heterocycles. The van der Waals surface area contributed by atoms with Crippen LogP contribution in [-0.4, -0.2) is 16.5 Å². The highest BCUT2D eigenvalue weighted by molar-refractivity contribution is 6.09. The van der Waals surface area contributed by atoms with Crippen molar-refractivity contribution >= 4 is 38.9 Å². The lowest BCUT2D eigenvalue weighted by Crippen LogP contribution is -2.29. The lowest BCUT2D eigenvalue weighted by Gasteiger charge is -2.34. The first-order valence-electron chi connectivity index (χ1n) is 19.2. The molecule has 8 aromatic rings. The van der Waals surface area contributed by atoms with Gasteiger partial charge in [-0.2, -0.15) is 5.06 Å². The molecule has 5 heteroatoms. The monoisotopic (exact) mass is 638 g/mol. The highest BCUT2D eigenvalue weighted by Gasteiger charge is 2.46. The second-order valence-electron chi connectivity index (χ2n) is 12.5. The Labute approximate surface area is 293 Å². The molecule has 5 nitrogen and oxygen atoms in total. The van der Waals surface area contributed by atoms with Crippen molar-refractivity contribution in [1.29, 1.82) is 0 Å². The van der Waals surface area contributed by atoms with Crippen molar-refractivity contribution in [3.05, 3.63) is 186 Å².